The van der Waals surface area contributed by atoms with Crippen molar-refractivity contribution in [3.05, 3.63) is 51.4 Å². The van der Waals surface area contributed by atoms with Crippen LogP contribution in [0.4, 0.5) is 5.00 Å². The zero-order chi connectivity index (χ0) is 19.3. The molecule has 0 saturated carbocycles. The van der Waals surface area contributed by atoms with Gasteiger partial charge in [-0.25, -0.2) is 4.79 Å². The van der Waals surface area contributed by atoms with E-state index in [1.54, 1.807) is 13.8 Å². The molecule has 1 aromatic heterocycles. The molecular weight excluding hydrogens is 348 g/mol. The molecule has 0 aliphatic rings. The number of rotatable bonds is 6. The van der Waals surface area contributed by atoms with Crippen LogP contribution in [0.3, 0.4) is 0 Å². The molecule has 0 bridgehead atoms. The van der Waals surface area contributed by atoms with E-state index in [2.05, 4.69) is 25.2 Å². The SMILES string of the molecule is CCOC(=O)c1sc(NC(=O)Cc2ccc(C(C)C)cc2)c(C#N)c1C. The number of amides is 1. The Morgan fingerprint density at radius 3 is 2.46 bits per heavy atom. The summed E-state index contributed by atoms with van der Waals surface area (Å²) in [6, 6.07) is 9.96. The second-order valence-corrected chi connectivity index (χ2v) is 7.23. The van der Waals surface area contributed by atoms with Crippen molar-refractivity contribution in [2.75, 3.05) is 11.9 Å². The molecule has 0 radical (unpaired) electrons. The smallest absolute Gasteiger partial charge is 0.348 e. The molecule has 1 aromatic carbocycles. The largest absolute Gasteiger partial charge is 0.462 e. The number of nitrogens with one attached hydrogen (secondary N) is 1. The molecule has 6 heteroatoms. The summed E-state index contributed by atoms with van der Waals surface area (Å²) in [6.07, 6.45) is 0.203. The Bertz CT molecular complexity index is 845. The van der Waals surface area contributed by atoms with E-state index in [-0.39, 0.29) is 18.9 Å². The normalized spacial score (nSPS) is 10.5. The summed E-state index contributed by atoms with van der Waals surface area (Å²) in [6.45, 7) is 7.89. The van der Waals surface area contributed by atoms with Crippen molar-refractivity contribution in [2.45, 2.75) is 40.0 Å². The van der Waals surface area contributed by atoms with Crippen LogP contribution in [-0.4, -0.2) is 18.5 Å². The molecule has 0 saturated heterocycles. The first-order chi connectivity index (χ1) is 12.4. The number of nitriles is 1. The Morgan fingerprint density at radius 1 is 1.27 bits per heavy atom. The van der Waals surface area contributed by atoms with Gasteiger partial charge in [0.25, 0.3) is 0 Å². The summed E-state index contributed by atoms with van der Waals surface area (Å²) in [4.78, 5) is 24.7. The third-order valence-electron chi connectivity index (χ3n) is 3.98. The second kappa shape index (κ2) is 8.63. The Balaban J connectivity index is 2.14. The van der Waals surface area contributed by atoms with Gasteiger partial charge in [0.05, 0.1) is 18.6 Å². The molecule has 0 spiro atoms. The lowest BCUT2D eigenvalue weighted by atomic mass is 10.0. The predicted octanol–water partition coefficient (Wildman–Crippen LogP) is 4.41. The number of anilines is 1. The molecule has 0 aliphatic heterocycles. The maximum atomic E-state index is 12.4. The van der Waals surface area contributed by atoms with Gasteiger partial charge < -0.3 is 10.1 Å². The zero-order valence-corrected chi connectivity index (χ0v) is 16.2. The predicted molar refractivity (Wildman–Crippen MR) is 103 cm³/mol. The third-order valence-corrected chi connectivity index (χ3v) is 5.17. The number of esters is 1. The summed E-state index contributed by atoms with van der Waals surface area (Å²) in [5.41, 5.74) is 2.95. The lowest BCUT2D eigenvalue weighted by molar-refractivity contribution is -0.115. The Kier molecular flexibility index (Phi) is 6.53. The van der Waals surface area contributed by atoms with Crippen molar-refractivity contribution in [3.63, 3.8) is 0 Å². The van der Waals surface area contributed by atoms with E-state index in [0.717, 1.165) is 16.9 Å². The van der Waals surface area contributed by atoms with Gasteiger partial charge in [0.15, 0.2) is 0 Å². The topological polar surface area (TPSA) is 79.2 Å². The first kappa shape index (κ1) is 19.7. The minimum Gasteiger partial charge on any atom is -0.462 e. The fourth-order valence-electron chi connectivity index (χ4n) is 2.50. The Labute approximate surface area is 157 Å². The number of ether oxygens (including phenoxy) is 1. The van der Waals surface area contributed by atoms with Gasteiger partial charge in [-0.2, -0.15) is 5.26 Å². The van der Waals surface area contributed by atoms with Crippen LogP contribution in [0.1, 0.15) is 58.6 Å². The number of hydrogen-bond donors (Lipinski definition) is 1. The second-order valence-electron chi connectivity index (χ2n) is 6.21. The molecule has 2 aromatic rings. The summed E-state index contributed by atoms with van der Waals surface area (Å²) < 4.78 is 5.00. The molecule has 136 valence electrons. The number of carbonyl (C=O) groups excluding carboxylic acids is 2. The van der Waals surface area contributed by atoms with Crippen molar-refractivity contribution >= 4 is 28.2 Å². The monoisotopic (exact) mass is 370 g/mol. The van der Waals surface area contributed by atoms with Crippen LogP contribution in [-0.2, 0) is 16.0 Å². The van der Waals surface area contributed by atoms with E-state index in [0.29, 0.717) is 26.9 Å². The lowest BCUT2D eigenvalue weighted by Gasteiger charge is -2.07. The van der Waals surface area contributed by atoms with Crippen LogP contribution in [0, 0.1) is 18.3 Å². The van der Waals surface area contributed by atoms with E-state index in [9.17, 15) is 14.9 Å². The van der Waals surface area contributed by atoms with Gasteiger partial charge >= 0.3 is 5.97 Å². The lowest BCUT2D eigenvalue weighted by Crippen LogP contribution is -2.14. The number of nitrogens with zero attached hydrogens (tertiary/aromatic N) is 1. The molecule has 1 amide bonds. The molecule has 2 rings (SSSR count). The van der Waals surface area contributed by atoms with Crippen LogP contribution in [0.25, 0.3) is 0 Å². The van der Waals surface area contributed by atoms with Crippen LogP contribution in [0.2, 0.25) is 0 Å². The van der Waals surface area contributed by atoms with Crippen LogP contribution in [0.15, 0.2) is 24.3 Å². The van der Waals surface area contributed by atoms with E-state index >= 15 is 0 Å². The summed E-state index contributed by atoms with van der Waals surface area (Å²) >= 11 is 1.08. The Morgan fingerprint density at radius 2 is 1.92 bits per heavy atom. The number of carbonyl (C=O) groups is 2. The van der Waals surface area contributed by atoms with Crippen molar-refractivity contribution in [1.82, 2.24) is 0 Å². The number of thiophene rings is 1. The minimum absolute atomic E-state index is 0.203. The van der Waals surface area contributed by atoms with Crippen LogP contribution < -0.4 is 5.32 Å². The molecular formula is C20H22N2O3S. The van der Waals surface area contributed by atoms with E-state index in [1.807, 2.05) is 24.3 Å². The maximum absolute atomic E-state index is 12.4. The van der Waals surface area contributed by atoms with E-state index < -0.39 is 5.97 Å². The van der Waals surface area contributed by atoms with Gasteiger partial charge in [0.2, 0.25) is 5.91 Å². The summed E-state index contributed by atoms with van der Waals surface area (Å²) in [5, 5.41) is 12.5. The van der Waals surface area contributed by atoms with Crippen molar-refractivity contribution < 1.29 is 14.3 Å². The standard InChI is InChI=1S/C20H22N2O3S/c1-5-25-20(24)18-13(4)16(11-21)19(26-18)22-17(23)10-14-6-8-15(9-7-14)12(2)3/h6-9,12H,5,10H2,1-4H3,(H,22,23). The zero-order valence-electron chi connectivity index (χ0n) is 15.4. The van der Waals surface area contributed by atoms with Gasteiger partial charge in [-0.3, -0.25) is 4.79 Å². The van der Waals surface area contributed by atoms with Crippen molar-refractivity contribution in [3.8, 4) is 6.07 Å². The first-order valence-corrected chi connectivity index (χ1v) is 9.28. The van der Waals surface area contributed by atoms with Crippen LogP contribution in [0.5, 0.6) is 0 Å². The molecule has 1 heterocycles. The Hall–Kier alpha value is -2.65. The summed E-state index contributed by atoms with van der Waals surface area (Å²) in [7, 11) is 0. The average Bonchev–Trinajstić information content (AvgIpc) is 2.90. The molecule has 26 heavy (non-hydrogen) atoms. The highest BCUT2D eigenvalue weighted by Crippen LogP contribution is 2.33. The van der Waals surface area contributed by atoms with E-state index in [4.69, 9.17) is 4.74 Å². The third kappa shape index (κ3) is 4.50. The fourth-order valence-corrected chi connectivity index (χ4v) is 3.57. The summed E-state index contributed by atoms with van der Waals surface area (Å²) in [5.74, 6) is -0.266. The highest BCUT2D eigenvalue weighted by Gasteiger charge is 2.22. The maximum Gasteiger partial charge on any atom is 0.348 e. The average molecular weight is 370 g/mol. The van der Waals surface area contributed by atoms with Gasteiger partial charge in [0, 0.05) is 0 Å². The van der Waals surface area contributed by atoms with Gasteiger partial charge in [0.1, 0.15) is 15.9 Å². The number of hydrogen-bond acceptors (Lipinski definition) is 5. The minimum atomic E-state index is -0.476. The molecule has 0 atom stereocenters. The molecule has 0 fully saturated rings. The highest BCUT2D eigenvalue weighted by atomic mass is 32.1. The van der Waals surface area contributed by atoms with Crippen molar-refractivity contribution in [1.29, 1.82) is 5.26 Å². The molecule has 1 N–H and O–H groups in total. The highest BCUT2D eigenvalue weighted by molar-refractivity contribution is 7.18. The van der Waals surface area contributed by atoms with Gasteiger partial charge in [-0.15, -0.1) is 11.3 Å². The van der Waals surface area contributed by atoms with Crippen LogP contribution >= 0.6 is 11.3 Å². The number of benzene rings is 1. The molecule has 0 aliphatic carbocycles. The van der Waals surface area contributed by atoms with Gasteiger partial charge in [-0.05, 0) is 36.5 Å². The van der Waals surface area contributed by atoms with E-state index in [1.165, 1.54) is 5.56 Å². The molecule has 5 nitrogen and oxygen atoms in total. The van der Waals surface area contributed by atoms with Crippen molar-refractivity contribution in [2.24, 2.45) is 0 Å². The quantitative estimate of drug-likeness (QED) is 0.764. The van der Waals surface area contributed by atoms with Gasteiger partial charge in [-0.1, -0.05) is 38.1 Å². The first-order valence-electron chi connectivity index (χ1n) is 8.46. The fraction of sp³-hybridized carbons (Fsp3) is 0.350. The molecule has 0 unspecified atom stereocenters.